The Bertz CT molecular complexity index is 820. The topological polar surface area (TPSA) is 43.9 Å². The first kappa shape index (κ1) is 20.4. The van der Waals surface area contributed by atoms with E-state index >= 15 is 0 Å². The molecule has 2 aromatic carbocycles. The van der Waals surface area contributed by atoms with Crippen molar-refractivity contribution in [2.75, 3.05) is 39.8 Å². The summed E-state index contributed by atoms with van der Waals surface area (Å²) in [6.07, 6.45) is 0. The molecule has 2 aromatic rings. The summed E-state index contributed by atoms with van der Waals surface area (Å²) < 4.78 is 0. The molecule has 1 unspecified atom stereocenters. The van der Waals surface area contributed by atoms with Crippen LogP contribution in [0.5, 0.6) is 0 Å². The van der Waals surface area contributed by atoms with Crippen molar-refractivity contribution in [2.24, 2.45) is 0 Å². The van der Waals surface area contributed by atoms with Crippen LogP contribution in [-0.4, -0.2) is 66.3 Å². The monoisotopic (exact) mass is 399 g/mol. The molecule has 6 heteroatoms. The van der Waals surface area contributed by atoms with E-state index in [-0.39, 0.29) is 17.9 Å². The van der Waals surface area contributed by atoms with Crippen LogP contribution in [0, 0.1) is 0 Å². The second-order valence-electron chi connectivity index (χ2n) is 7.17. The van der Waals surface area contributed by atoms with Gasteiger partial charge in [0, 0.05) is 43.8 Å². The van der Waals surface area contributed by atoms with Gasteiger partial charge in [0.2, 0.25) is 5.91 Å². The zero-order valence-corrected chi connectivity index (χ0v) is 17.1. The zero-order valence-electron chi connectivity index (χ0n) is 16.3. The lowest BCUT2D eigenvalue weighted by atomic mass is 10.1. The minimum absolute atomic E-state index is 0.0108. The molecule has 0 aromatic heterocycles. The molecule has 0 aliphatic carbocycles. The van der Waals surface area contributed by atoms with Crippen molar-refractivity contribution in [1.29, 1.82) is 0 Å². The average molecular weight is 400 g/mol. The molecule has 0 N–H and O–H groups in total. The molecule has 28 heavy (non-hydrogen) atoms. The van der Waals surface area contributed by atoms with Crippen LogP contribution in [0.3, 0.4) is 0 Å². The number of benzene rings is 2. The van der Waals surface area contributed by atoms with Crippen LogP contribution in [0.25, 0.3) is 0 Å². The lowest BCUT2D eigenvalue weighted by molar-refractivity contribution is -0.133. The zero-order chi connectivity index (χ0) is 20.1. The van der Waals surface area contributed by atoms with Gasteiger partial charge in [-0.3, -0.25) is 14.5 Å². The fourth-order valence-corrected chi connectivity index (χ4v) is 3.58. The minimum Gasteiger partial charge on any atom is -0.338 e. The lowest BCUT2D eigenvalue weighted by Gasteiger charge is -2.35. The Hall–Kier alpha value is -2.37. The molecule has 0 spiro atoms. The highest BCUT2D eigenvalue weighted by atomic mass is 35.5. The van der Waals surface area contributed by atoms with E-state index in [1.54, 1.807) is 29.2 Å². The van der Waals surface area contributed by atoms with Crippen molar-refractivity contribution in [3.8, 4) is 0 Å². The van der Waals surface area contributed by atoms with E-state index in [2.05, 4.69) is 4.90 Å². The maximum absolute atomic E-state index is 12.7. The van der Waals surface area contributed by atoms with Crippen LogP contribution in [-0.2, 0) is 4.79 Å². The summed E-state index contributed by atoms with van der Waals surface area (Å²) in [6.45, 7) is 4.99. The molecular formula is C22H26ClN3O2. The molecule has 1 saturated heterocycles. The fourth-order valence-electron chi connectivity index (χ4n) is 3.39. The molecule has 5 nitrogen and oxygen atoms in total. The number of hydrogen-bond donors (Lipinski definition) is 0. The van der Waals surface area contributed by atoms with Gasteiger partial charge < -0.3 is 9.80 Å². The van der Waals surface area contributed by atoms with Gasteiger partial charge in [0.15, 0.2) is 0 Å². The van der Waals surface area contributed by atoms with Gasteiger partial charge in [-0.15, -0.1) is 0 Å². The predicted molar refractivity (Wildman–Crippen MR) is 111 cm³/mol. The Labute approximate surface area is 171 Å². The summed E-state index contributed by atoms with van der Waals surface area (Å²) in [5.74, 6) is 0.0780. The van der Waals surface area contributed by atoms with Gasteiger partial charge in [0.25, 0.3) is 5.91 Å². The van der Waals surface area contributed by atoms with E-state index in [9.17, 15) is 9.59 Å². The van der Waals surface area contributed by atoms with Crippen LogP contribution in [0.2, 0.25) is 5.02 Å². The summed E-state index contributed by atoms with van der Waals surface area (Å²) in [6, 6.07) is 17.1. The van der Waals surface area contributed by atoms with E-state index in [0.717, 1.165) is 5.56 Å². The molecule has 3 rings (SSSR count). The number of carbonyl (C=O) groups is 2. The quantitative estimate of drug-likeness (QED) is 0.774. The first-order chi connectivity index (χ1) is 13.5. The van der Waals surface area contributed by atoms with Gasteiger partial charge in [-0.05, 0) is 30.7 Å². The Morgan fingerprint density at radius 2 is 1.71 bits per heavy atom. The van der Waals surface area contributed by atoms with Crippen LogP contribution in [0.15, 0.2) is 54.6 Å². The predicted octanol–water partition coefficient (Wildman–Crippen LogP) is 3.32. The highest BCUT2D eigenvalue weighted by molar-refractivity contribution is 6.30. The van der Waals surface area contributed by atoms with Crippen molar-refractivity contribution in [3.63, 3.8) is 0 Å². The van der Waals surface area contributed by atoms with Crippen LogP contribution in [0.4, 0.5) is 0 Å². The summed E-state index contributed by atoms with van der Waals surface area (Å²) in [4.78, 5) is 31.0. The van der Waals surface area contributed by atoms with Crippen molar-refractivity contribution in [1.82, 2.24) is 14.7 Å². The molecule has 1 heterocycles. The molecule has 0 saturated carbocycles. The number of hydrogen-bond acceptors (Lipinski definition) is 3. The summed E-state index contributed by atoms with van der Waals surface area (Å²) >= 11 is 5.99. The lowest BCUT2D eigenvalue weighted by Crippen LogP contribution is -2.51. The van der Waals surface area contributed by atoms with Crippen molar-refractivity contribution < 1.29 is 9.59 Å². The molecule has 0 bridgehead atoms. The second-order valence-corrected chi connectivity index (χ2v) is 7.61. The van der Waals surface area contributed by atoms with Crippen LogP contribution < -0.4 is 0 Å². The Morgan fingerprint density at radius 3 is 2.36 bits per heavy atom. The average Bonchev–Trinajstić information content (AvgIpc) is 2.73. The van der Waals surface area contributed by atoms with Gasteiger partial charge in [-0.25, -0.2) is 0 Å². The summed E-state index contributed by atoms with van der Waals surface area (Å²) in [7, 11) is 1.85. The Kier molecular flexibility index (Phi) is 6.70. The fraction of sp³-hybridized carbons (Fsp3) is 0.364. The molecule has 1 aliphatic heterocycles. The second kappa shape index (κ2) is 9.22. The van der Waals surface area contributed by atoms with Gasteiger partial charge in [0.1, 0.15) is 0 Å². The highest BCUT2D eigenvalue weighted by Crippen LogP contribution is 2.19. The molecule has 1 fully saturated rings. The molecule has 1 atom stereocenters. The van der Waals surface area contributed by atoms with Gasteiger partial charge in [-0.1, -0.05) is 48.0 Å². The number of carbonyl (C=O) groups excluding carboxylic acids is 2. The van der Waals surface area contributed by atoms with Gasteiger partial charge in [-0.2, -0.15) is 0 Å². The standard InChI is InChI=1S/C22H26ClN3O2/c1-17(18-7-4-3-5-8-18)24(2)21(27)16-25-11-13-26(14-12-25)22(28)19-9-6-10-20(23)15-19/h3-10,15,17H,11-14,16H2,1-2H3. The molecule has 2 amide bonds. The van der Waals surface area contributed by atoms with Crippen molar-refractivity contribution in [2.45, 2.75) is 13.0 Å². The number of halogens is 1. The number of amides is 2. The van der Waals surface area contributed by atoms with Crippen molar-refractivity contribution >= 4 is 23.4 Å². The van der Waals surface area contributed by atoms with Gasteiger partial charge >= 0.3 is 0 Å². The minimum atomic E-state index is -0.0108. The molecule has 0 radical (unpaired) electrons. The number of nitrogens with zero attached hydrogens (tertiary/aromatic N) is 3. The molecular weight excluding hydrogens is 374 g/mol. The third-order valence-corrected chi connectivity index (χ3v) is 5.58. The third-order valence-electron chi connectivity index (χ3n) is 5.35. The van der Waals surface area contributed by atoms with Crippen LogP contribution in [0.1, 0.15) is 28.9 Å². The van der Waals surface area contributed by atoms with Crippen molar-refractivity contribution in [3.05, 3.63) is 70.7 Å². The molecule has 148 valence electrons. The normalized spacial score (nSPS) is 15.9. The maximum Gasteiger partial charge on any atom is 0.253 e. The van der Waals surface area contributed by atoms with E-state index in [1.807, 2.05) is 49.2 Å². The van der Waals surface area contributed by atoms with Gasteiger partial charge in [0.05, 0.1) is 12.6 Å². The first-order valence-corrected chi connectivity index (χ1v) is 9.91. The van der Waals surface area contributed by atoms with E-state index in [0.29, 0.717) is 43.3 Å². The number of rotatable bonds is 5. The first-order valence-electron chi connectivity index (χ1n) is 9.53. The number of piperazine rings is 1. The van der Waals surface area contributed by atoms with E-state index in [4.69, 9.17) is 11.6 Å². The van der Waals surface area contributed by atoms with E-state index < -0.39 is 0 Å². The maximum atomic E-state index is 12.7. The summed E-state index contributed by atoms with van der Waals surface area (Å²) in [5, 5.41) is 0.561. The third kappa shape index (κ3) is 4.91. The largest absolute Gasteiger partial charge is 0.338 e. The Morgan fingerprint density at radius 1 is 1.04 bits per heavy atom. The van der Waals surface area contributed by atoms with Crippen LogP contribution >= 0.6 is 11.6 Å². The summed E-state index contributed by atoms with van der Waals surface area (Å²) in [5.41, 5.74) is 1.73. The Balaban J connectivity index is 1.51. The molecule has 1 aliphatic rings. The smallest absolute Gasteiger partial charge is 0.253 e. The van der Waals surface area contributed by atoms with E-state index in [1.165, 1.54) is 0 Å². The SMILES string of the molecule is CC(c1ccccc1)N(C)C(=O)CN1CCN(C(=O)c2cccc(Cl)c2)CC1. The number of likely N-dealkylation sites (N-methyl/N-ethyl adjacent to an activating group) is 1. The highest BCUT2D eigenvalue weighted by Gasteiger charge is 2.25.